The SMILES string of the molecule is CCC(C)NC(C)COCCOC. The summed E-state index contributed by atoms with van der Waals surface area (Å²) in [7, 11) is 1.68. The van der Waals surface area contributed by atoms with E-state index >= 15 is 0 Å². The number of rotatable bonds is 8. The van der Waals surface area contributed by atoms with Gasteiger partial charge in [0.25, 0.3) is 0 Å². The minimum atomic E-state index is 0.423. The molecule has 80 valence electrons. The molecule has 1 N–H and O–H groups in total. The highest BCUT2D eigenvalue weighted by Crippen LogP contribution is 1.92. The predicted molar refractivity (Wildman–Crippen MR) is 55.0 cm³/mol. The van der Waals surface area contributed by atoms with Gasteiger partial charge in [-0.1, -0.05) is 6.92 Å². The third kappa shape index (κ3) is 8.22. The normalized spacial score (nSPS) is 15.7. The molecule has 0 saturated carbocycles. The fourth-order valence-electron chi connectivity index (χ4n) is 1.05. The Balaban J connectivity index is 3.24. The molecule has 2 atom stereocenters. The minimum Gasteiger partial charge on any atom is -0.382 e. The first-order valence-electron chi connectivity index (χ1n) is 5.03. The molecule has 0 aromatic rings. The predicted octanol–water partition coefficient (Wildman–Crippen LogP) is 1.43. The molecule has 0 aliphatic rings. The van der Waals surface area contributed by atoms with Gasteiger partial charge in [-0.05, 0) is 20.3 Å². The molecule has 0 rings (SSSR count). The van der Waals surface area contributed by atoms with E-state index in [1.54, 1.807) is 7.11 Å². The van der Waals surface area contributed by atoms with Crippen LogP contribution in [0.5, 0.6) is 0 Å². The van der Waals surface area contributed by atoms with Crippen molar-refractivity contribution < 1.29 is 9.47 Å². The van der Waals surface area contributed by atoms with Crippen LogP contribution in [0, 0.1) is 0 Å². The van der Waals surface area contributed by atoms with E-state index in [2.05, 4.69) is 26.1 Å². The van der Waals surface area contributed by atoms with Gasteiger partial charge >= 0.3 is 0 Å². The van der Waals surface area contributed by atoms with Gasteiger partial charge < -0.3 is 14.8 Å². The topological polar surface area (TPSA) is 30.5 Å². The summed E-state index contributed by atoms with van der Waals surface area (Å²) in [6.45, 7) is 8.62. The van der Waals surface area contributed by atoms with E-state index in [0.29, 0.717) is 25.3 Å². The number of hydrogen-bond donors (Lipinski definition) is 1. The van der Waals surface area contributed by atoms with Crippen molar-refractivity contribution >= 4 is 0 Å². The van der Waals surface area contributed by atoms with Gasteiger partial charge in [0.2, 0.25) is 0 Å². The lowest BCUT2D eigenvalue weighted by atomic mass is 10.2. The summed E-state index contributed by atoms with van der Waals surface area (Å²) < 4.78 is 10.3. The van der Waals surface area contributed by atoms with Gasteiger partial charge in [-0.15, -0.1) is 0 Å². The van der Waals surface area contributed by atoms with Crippen LogP contribution < -0.4 is 5.32 Å². The van der Waals surface area contributed by atoms with Gasteiger partial charge in [0.1, 0.15) is 0 Å². The maximum atomic E-state index is 5.39. The Morgan fingerprint density at radius 1 is 1.15 bits per heavy atom. The van der Waals surface area contributed by atoms with Gasteiger partial charge in [0.05, 0.1) is 19.8 Å². The van der Waals surface area contributed by atoms with E-state index in [4.69, 9.17) is 9.47 Å². The zero-order chi connectivity index (χ0) is 10.1. The van der Waals surface area contributed by atoms with E-state index in [9.17, 15) is 0 Å². The molecule has 0 radical (unpaired) electrons. The second kappa shape index (κ2) is 8.48. The fourth-order valence-corrected chi connectivity index (χ4v) is 1.05. The maximum absolute atomic E-state index is 5.39. The van der Waals surface area contributed by atoms with Crippen molar-refractivity contribution in [1.82, 2.24) is 5.32 Å². The summed E-state index contributed by atoms with van der Waals surface area (Å²) in [6.07, 6.45) is 1.16. The summed E-state index contributed by atoms with van der Waals surface area (Å²) in [5.41, 5.74) is 0. The standard InChI is InChI=1S/C10H23NO2/c1-5-9(2)11-10(3)8-13-7-6-12-4/h9-11H,5-8H2,1-4H3. The molecule has 2 unspecified atom stereocenters. The highest BCUT2D eigenvalue weighted by Gasteiger charge is 2.04. The number of methoxy groups -OCH3 is 1. The molecule has 0 bridgehead atoms. The number of ether oxygens (including phenoxy) is 2. The van der Waals surface area contributed by atoms with Crippen molar-refractivity contribution in [1.29, 1.82) is 0 Å². The number of hydrogen-bond acceptors (Lipinski definition) is 3. The van der Waals surface area contributed by atoms with Crippen LogP contribution in [0.15, 0.2) is 0 Å². The molecule has 0 aliphatic heterocycles. The van der Waals surface area contributed by atoms with E-state index < -0.39 is 0 Å². The van der Waals surface area contributed by atoms with E-state index in [1.807, 2.05) is 0 Å². The second-order valence-electron chi connectivity index (χ2n) is 3.44. The molecular formula is C10H23NO2. The van der Waals surface area contributed by atoms with Gasteiger partial charge in [0, 0.05) is 19.2 Å². The van der Waals surface area contributed by atoms with Crippen molar-refractivity contribution in [2.75, 3.05) is 26.9 Å². The van der Waals surface area contributed by atoms with Crippen LogP contribution in [-0.4, -0.2) is 39.0 Å². The zero-order valence-electron chi connectivity index (χ0n) is 9.30. The minimum absolute atomic E-state index is 0.423. The highest BCUT2D eigenvalue weighted by atomic mass is 16.5. The van der Waals surface area contributed by atoms with Crippen LogP contribution in [0.4, 0.5) is 0 Å². The number of nitrogens with one attached hydrogen (secondary N) is 1. The molecule has 3 heteroatoms. The van der Waals surface area contributed by atoms with Gasteiger partial charge in [-0.2, -0.15) is 0 Å². The summed E-state index contributed by atoms with van der Waals surface area (Å²) in [5.74, 6) is 0. The third-order valence-corrected chi connectivity index (χ3v) is 1.98. The maximum Gasteiger partial charge on any atom is 0.0701 e. The Morgan fingerprint density at radius 2 is 1.85 bits per heavy atom. The first kappa shape index (κ1) is 12.9. The van der Waals surface area contributed by atoms with Crippen LogP contribution in [0.2, 0.25) is 0 Å². The third-order valence-electron chi connectivity index (χ3n) is 1.98. The summed E-state index contributed by atoms with van der Waals surface area (Å²) in [6, 6.07) is 0.993. The average Bonchev–Trinajstić information content (AvgIpc) is 2.12. The van der Waals surface area contributed by atoms with E-state index in [0.717, 1.165) is 13.0 Å². The van der Waals surface area contributed by atoms with E-state index in [-0.39, 0.29) is 0 Å². The Kier molecular flexibility index (Phi) is 8.40. The van der Waals surface area contributed by atoms with Crippen LogP contribution in [0.25, 0.3) is 0 Å². The molecule has 3 nitrogen and oxygen atoms in total. The van der Waals surface area contributed by atoms with Gasteiger partial charge in [-0.3, -0.25) is 0 Å². The summed E-state index contributed by atoms with van der Waals surface area (Å²) in [5, 5.41) is 3.44. The monoisotopic (exact) mass is 189 g/mol. The highest BCUT2D eigenvalue weighted by molar-refractivity contribution is 4.64. The Hall–Kier alpha value is -0.120. The molecule has 0 aliphatic carbocycles. The van der Waals surface area contributed by atoms with Crippen LogP contribution in [0.3, 0.4) is 0 Å². The zero-order valence-corrected chi connectivity index (χ0v) is 9.30. The summed E-state index contributed by atoms with van der Waals surface area (Å²) in [4.78, 5) is 0. The lowest BCUT2D eigenvalue weighted by Crippen LogP contribution is -2.37. The molecule has 0 aromatic carbocycles. The largest absolute Gasteiger partial charge is 0.382 e. The molecular weight excluding hydrogens is 166 g/mol. The van der Waals surface area contributed by atoms with Gasteiger partial charge in [-0.25, -0.2) is 0 Å². The lowest BCUT2D eigenvalue weighted by molar-refractivity contribution is 0.0596. The molecule has 0 heterocycles. The Labute approximate surface area is 81.8 Å². The molecule has 0 spiro atoms. The van der Waals surface area contributed by atoms with Crippen molar-refractivity contribution in [3.63, 3.8) is 0 Å². The van der Waals surface area contributed by atoms with Crippen LogP contribution in [0.1, 0.15) is 27.2 Å². The Morgan fingerprint density at radius 3 is 2.38 bits per heavy atom. The quantitative estimate of drug-likeness (QED) is 0.586. The van der Waals surface area contributed by atoms with Crippen molar-refractivity contribution in [3.8, 4) is 0 Å². The first-order valence-corrected chi connectivity index (χ1v) is 5.03. The molecule has 0 amide bonds. The van der Waals surface area contributed by atoms with Crippen molar-refractivity contribution in [2.45, 2.75) is 39.3 Å². The average molecular weight is 189 g/mol. The summed E-state index contributed by atoms with van der Waals surface area (Å²) >= 11 is 0. The van der Waals surface area contributed by atoms with E-state index in [1.165, 1.54) is 0 Å². The van der Waals surface area contributed by atoms with Crippen molar-refractivity contribution in [2.24, 2.45) is 0 Å². The molecule has 0 aromatic heterocycles. The fraction of sp³-hybridized carbons (Fsp3) is 1.00. The molecule has 0 fully saturated rings. The Bertz CT molecular complexity index is 109. The second-order valence-corrected chi connectivity index (χ2v) is 3.44. The molecule has 0 saturated heterocycles. The van der Waals surface area contributed by atoms with Crippen LogP contribution >= 0.6 is 0 Å². The van der Waals surface area contributed by atoms with Crippen molar-refractivity contribution in [3.05, 3.63) is 0 Å². The molecule has 13 heavy (non-hydrogen) atoms. The lowest BCUT2D eigenvalue weighted by Gasteiger charge is -2.18. The first-order chi connectivity index (χ1) is 6.20. The smallest absolute Gasteiger partial charge is 0.0701 e. The van der Waals surface area contributed by atoms with Gasteiger partial charge in [0.15, 0.2) is 0 Å². The van der Waals surface area contributed by atoms with Crippen LogP contribution in [-0.2, 0) is 9.47 Å².